The largest absolute Gasteiger partial charge is 0.496 e. The van der Waals surface area contributed by atoms with Crippen molar-refractivity contribution < 1.29 is 14.3 Å². The maximum Gasteiger partial charge on any atom is 0.251 e. The summed E-state index contributed by atoms with van der Waals surface area (Å²) in [6.07, 6.45) is 9.04. The Morgan fingerprint density at radius 1 is 1.05 bits per heavy atom. The topological polar surface area (TPSA) is 78.1 Å². The van der Waals surface area contributed by atoms with Crippen molar-refractivity contribution in [1.29, 1.82) is 0 Å². The number of nitrogens with one attached hydrogen (secondary N) is 3. The van der Waals surface area contributed by atoms with E-state index in [1.165, 1.54) is 43.2 Å². The van der Waals surface area contributed by atoms with Gasteiger partial charge in [-0.15, -0.1) is 0 Å². The van der Waals surface area contributed by atoms with Crippen LogP contribution in [0, 0.1) is 5.41 Å². The van der Waals surface area contributed by atoms with Crippen molar-refractivity contribution in [3.8, 4) is 16.9 Å². The second-order valence-corrected chi connectivity index (χ2v) is 11.8. The zero-order valence-electron chi connectivity index (χ0n) is 22.2. The maximum absolute atomic E-state index is 12.9. The van der Waals surface area contributed by atoms with E-state index in [1.54, 1.807) is 7.11 Å². The van der Waals surface area contributed by atoms with Crippen molar-refractivity contribution in [2.75, 3.05) is 26.8 Å². The third-order valence-electron chi connectivity index (χ3n) is 9.65. The summed E-state index contributed by atoms with van der Waals surface area (Å²) in [5.41, 5.74) is 15.0. The summed E-state index contributed by atoms with van der Waals surface area (Å²) in [5, 5.41) is 2.32. The Morgan fingerprint density at radius 3 is 2.63 bits per heavy atom. The molecular weight excluding hydrogens is 478 g/mol. The molecule has 4 atom stereocenters. The maximum atomic E-state index is 12.9. The lowest BCUT2D eigenvalue weighted by molar-refractivity contribution is -0.140. The lowest BCUT2D eigenvalue weighted by Gasteiger charge is -2.28. The van der Waals surface area contributed by atoms with Crippen molar-refractivity contribution in [3.63, 3.8) is 0 Å². The van der Waals surface area contributed by atoms with Crippen LogP contribution in [0.2, 0.25) is 0 Å². The van der Waals surface area contributed by atoms with Gasteiger partial charge in [0.1, 0.15) is 18.0 Å². The van der Waals surface area contributed by atoms with E-state index in [4.69, 9.17) is 9.47 Å². The van der Waals surface area contributed by atoms with Gasteiger partial charge in [0, 0.05) is 31.3 Å². The molecule has 7 rings (SSSR count). The number of nitrogens with zero attached hydrogens (tertiary/aromatic N) is 2. The molecule has 202 valence electrons. The quantitative estimate of drug-likeness (QED) is 0.534. The molecule has 38 heavy (non-hydrogen) atoms. The van der Waals surface area contributed by atoms with Crippen LogP contribution in [0.3, 0.4) is 0 Å². The molecule has 3 saturated heterocycles. The molecule has 8 heteroatoms. The van der Waals surface area contributed by atoms with E-state index >= 15 is 0 Å². The van der Waals surface area contributed by atoms with Gasteiger partial charge in [0.2, 0.25) is 0 Å². The third-order valence-corrected chi connectivity index (χ3v) is 9.65. The van der Waals surface area contributed by atoms with Crippen LogP contribution in [-0.2, 0) is 9.53 Å². The first-order valence-corrected chi connectivity index (χ1v) is 14.4. The van der Waals surface area contributed by atoms with E-state index in [9.17, 15) is 4.79 Å². The molecule has 0 aromatic heterocycles. The number of rotatable bonds is 6. The van der Waals surface area contributed by atoms with E-state index < -0.39 is 0 Å². The summed E-state index contributed by atoms with van der Waals surface area (Å²) in [7, 11) is 1.74. The SMILES string of the molecule is COc1ccc(C2NNNN2C2CCCC2)cc1-c1ccc([C@H]2C[C@]23CCN(C(=O)[C@H]2CCCO2)C3)cc1. The zero-order chi connectivity index (χ0) is 25.7. The van der Waals surface area contributed by atoms with Crippen molar-refractivity contribution >= 4 is 5.91 Å². The molecule has 3 heterocycles. The van der Waals surface area contributed by atoms with Gasteiger partial charge >= 0.3 is 0 Å². The molecule has 2 saturated carbocycles. The lowest BCUT2D eigenvalue weighted by Crippen LogP contribution is -2.43. The van der Waals surface area contributed by atoms with Gasteiger partial charge < -0.3 is 14.4 Å². The minimum absolute atomic E-state index is 0.0657. The predicted molar refractivity (Wildman–Crippen MR) is 145 cm³/mol. The molecule has 0 bridgehead atoms. The highest BCUT2D eigenvalue weighted by Crippen LogP contribution is 2.64. The number of hydrogen-bond donors (Lipinski definition) is 3. The number of ether oxygens (including phenoxy) is 2. The number of carbonyl (C=O) groups excluding carboxylic acids is 1. The Morgan fingerprint density at radius 2 is 1.87 bits per heavy atom. The Bertz CT molecular complexity index is 1180. The first-order chi connectivity index (χ1) is 18.6. The van der Waals surface area contributed by atoms with Gasteiger partial charge in [-0.2, -0.15) is 11.1 Å². The Balaban J connectivity index is 1.07. The number of amides is 1. The van der Waals surface area contributed by atoms with Gasteiger partial charge in [0.05, 0.1) is 7.11 Å². The molecule has 1 unspecified atom stereocenters. The average molecular weight is 518 g/mol. The van der Waals surface area contributed by atoms with E-state index in [2.05, 4.69) is 68.9 Å². The predicted octanol–water partition coefficient (Wildman–Crippen LogP) is 4.02. The standard InChI is InChI=1S/C30H39N5O3/c1-37-26-13-12-22(28-31-32-33-35(28)23-5-2-3-6-23)17-24(26)20-8-10-21(11-9-20)25-18-30(25)14-15-34(19-30)29(36)27-7-4-16-38-27/h8-13,17,23,25,27-28,31-33H,2-7,14-16,18-19H2,1H3/t25-,27-,28?,30+/m1/s1. The van der Waals surface area contributed by atoms with Crippen LogP contribution in [0.1, 0.15) is 74.6 Å². The van der Waals surface area contributed by atoms with E-state index in [-0.39, 0.29) is 23.6 Å². The van der Waals surface area contributed by atoms with Gasteiger partial charge in [0.15, 0.2) is 0 Å². The van der Waals surface area contributed by atoms with Crippen LogP contribution in [0.4, 0.5) is 0 Å². The number of benzene rings is 2. The molecule has 2 aliphatic carbocycles. The van der Waals surface area contributed by atoms with E-state index in [0.717, 1.165) is 55.8 Å². The van der Waals surface area contributed by atoms with Crippen molar-refractivity contribution in [1.82, 2.24) is 26.4 Å². The number of hydrogen-bond acceptors (Lipinski definition) is 7. The molecule has 2 aromatic rings. The first-order valence-electron chi connectivity index (χ1n) is 14.4. The molecule has 8 nitrogen and oxygen atoms in total. The highest BCUT2D eigenvalue weighted by molar-refractivity contribution is 5.81. The highest BCUT2D eigenvalue weighted by atomic mass is 16.5. The molecular formula is C30H39N5O3. The van der Waals surface area contributed by atoms with E-state index in [1.807, 2.05) is 0 Å². The fourth-order valence-electron chi connectivity index (χ4n) is 7.37. The Hall–Kier alpha value is -2.49. The van der Waals surface area contributed by atoms with Gasteiger partial charge in [-0.3, -0.25) is 4.79 Å². The molecule has 0 radical (unpaired) electrons. The normalized spacial score (nSPS) is 31.5. The second kappa shape index (κ2) is 9.92. The summed E-state index contributed by atoms with van der Waals surface area (Å²) in [5.74, 6) is 1.63. The Labute approximate surface area is 224 Å². The molecule has 5 fully saturated rings. The van der Waals surface area contributed by atoms with Gasteiger partial charge in [-0.1, -0.05) is 43.2 Å². The van der Waals surface area contributed by atoms with Crippen molar-refractivity contribution in [2.24, 2.45) is 5.41 Å². The van der Waals surface area contributed by atoms with Gasteiger partial charge in [-0.05, 0) is 78.7 Å². The summed E-state index contributed by atoms with van der Waals surface area (Å²) < 4.78 is 11.4. The smallest absolute Gasteiger partial charge is 0.251 e. The zero-order valence-corrected chi connectivity index (χ0v) is 22.2. The molecule has 3 aliphatic heterocycles. The van der Waals surface area contributed by atoms with Gasteiger partial charge in [-0.25, -0.2) is 10.4 Å². The molecule has 1 amide bonds. The minimum Gasteiger partial charge on any atom is -0.496 e. The monoisotopic (exact) mass is 517 g/mol. The molecule has 5 aliphatic rings. The average Bonchev–Trinajstić information content (AvgIpc) is 3.60. The van der Waals surface area contributed by atoms with Crippen molar-refractivity contribution in [3.05, 3.63) is 53.6 Å². The number of hydrazine groups is 3. The van der Waals surface area contributed by atoms with Crippen molar-refractivity contribution in [2.45, 2.75) is 75.6 Å². The highest BCUT2D eigenvalue weighted by Gasteiger charge is 2.58. The third kappa shape index (κ3) is 4.32. The van der Waals surface area contributed by atoms with Crippen LogP contribution < -0.4 is 21.2 Å². The first kappa shape index (κ1) is 24.5. The molecule has 2 aromatic carbocycles. The molecule has 1 spiro atoms. The Kier molecular flexibility index (Phi) is 6.41. The summed E-state index contributed by atoms with van der Waals surface area (Å²) in [6, 6.07) is 16.1. The minimum atomic E-state index is -0.205. The number of likely N-dealkylation sites (tertiary alicyclic amines) is 1. The van der Waals surface area contributed by atoms with Crippen LogP contribution in [-0.4, -0.2) is 54.8 Å². The number of carbonyl (C=O) groups is 1. The van der Waals surface area contributed by atoms with Crippen LogP contribution in [0.25, 0.3) is 11.1 Å². The summed E-state index contributed by atoms with van der Waals surface area (Å²) in [6.45, 7) is 2.47. The summed E-state index contributed by atoms with van der Waals surface area (Å²) >= 11 is 0. The number of methoxy groups -OCH3 is 1. The fourth-order valence-corrected chi connectivity index (χ4v) is 7.37. The lowest BCUT2D eigenvalue weighted by atomic mass is 9.95. The molecule has 3 N–H and O–H groups in total. The fraction of sp³-hybridized carbons (Fsp3) is 0.567. The van der Waals surface area contributed by atoms with E-state index in [0.29, 0.717) is 12.0 Å². The van der Waals surface area contributed by atoms with Crippen LogP contribution in [0.15, 0.2) is 42.5 Å². The van der Waals surface area contributed by atoms with Crippen LogP contribution in [0.5, 0.6) is 5.75 Å². The second-order valence-electron chi connectivity index (χ2n) is 11.8. The summed E-state index contributed by atoms with van der Waals surface area (Å²) in [4.78, 5) is 14.9. The van der Waals surface area contributed by atoms with Crippen LogP contribution >= 0.6 is 0 Å². The van der Waals surface area contributed by atoms with Gasteiger partial charge in [0.25, 0.3) is 5.91 Å².